The van der Waals surface area contributed by atoms with Gasteiger partial charge in [-0.05, 0) is 19.1 Å². The first kappa shape index (κ1) is 14.6. The van der Waals surface area contributed by atoms with E-state index in [-0.39, 0.29) is 23.0 Å². The van der Waals surface area contributed by atoms with Gasteiger partial charge in [-0.2, -0.15) is 5.26 Å². The molecule has 0 saturated heterocycles. The van der Waals surface area contributed by atoms with Crippen molar-refractivity contribution in [1.82, 2.24) is 0 Å². The molecule has 2 atom stereocenters. The number of amides is 1. The van der Waals surface area contributed by atoms with Crippen molar-refractivity contribution in [3.05, 3.63) is 29.8 Å². The standard InChI is InChI=1S/C13H16N2O2S/c1-9(8-16)18-10(2)13(17)15-12-6-4-3-5-11(12)7-14/h3-6,9-10,16H,8H2,1-2H3,(H,15,17). The number of rotatable bonds is 5. The van der Waals surface area contributed by atoms with Gasteiger partial charge >= 0.3 is 0 Å². The number of nitrogens with zero attached hydrogens (tertiary/aromatic N) is 1. The molecule has 0 fully saturated rings. The summed E-state index contributed by atoms with van der Waals surface area (Å²) >= 11 is 1.40. The van der Waals surface area contributed by atoms with Crippen molar-refractivity contribution in [1.29, 1.82) is 5.26 Å². The monoisotopic (exact) mass is 264 g/mol. The number of carbonyl (C=O) groups excluding carboxylic acids is 1. The third-order valence-corrected chi connectivity index (χ3v) is 3.60. The molecule has 1 aromatic carbocycles. The fourth-order valence-corrected chi connectivity index (χ4v) is 2.34. The van der Waals surface area contributed by atoms with E-state index < -0.39 is 0 Å². The second-order valence-electron chi connectivity index (χ2n) is 3.92. The van der Waals surface area contributed by atoms with Crippen LogP contribution < -0.4 is 5.32 Å². The topological polar surface area (TPSA) is 73.1 Å². The van der Waals surface area contributed by atoms with E-state index in [1.165, 1.54) is 11.8 Å². The van der Waals surface area contributed by atoms with Crippen molar-refractivity contribution < 1.29 is 9.90 Å². The van der Waals surface area contributed by atoms with Gasteiger partial charge in [0.25, 0.3) is 0 Å². The number of carbonyl (C=O) groups is 1. The number of aliphatic hydroxyl groups excluding tert-OH is 1. The molecule has 1 aromatic rings. The molecule has 1 rings (SSSR count). The molecule has 4 nitrogen and oxygen atoms in total. The molecule has 0 aliphatic rings. The lowest BCUT2D eigenvalue weighted by Gasteiger charge is -2.15. The van der Waals surface area contributed by atoms with Gasteiger partial charge in [-0.25, -0.2) is 0 Å². The van der Waals surface area contributed by atoms with E-state index in [9.17, 15) is 4.79 Å². The molecule has 0 bridgehead atoms. The molecule has 0 aliphatic carbocycles. The quantitative estimate of drug-likeness (QED) is 0.853. The second kappa shape index (κ2) is 7.04. The van der Waals surface area contributed by atoms with Crippen LogP contribution in [-0.2, 0) is 4.79 Å². The second-order valence-corrected chi connectivity index (χ2v) is 5.70. The minimum Gasteiger partial charge on any atom is -0.395 e. The van der Waals surface area contributed by atoms with Crippen LogP contribution in [0.25, 0.3) is 0 Å². The van der Waals surface area contributed by atoms with E-state index in [4.69, 9.17) is 10.4 Å². The maximum atomic E-state index is 11.9. The number of thioether (sulfide) groups is 1. The summed E-state index contributed by atoms with van der Waals surface area (Å²) in [6, 6.07) is 8.90. The first-order valence-electron chi connectivity index (χ1n) is 5.64. The van der Waals surface area contributed by atoms with Gasteiger partial charge in [-0.3, -0.25) is 4.79 Å². The Labute approximate surface area is 111 Å². The first-order valence-corrected chi connectivity index (χ1v) is 6.59. The highest BCUT2D eigenvalue weighted by Crippen LogP contribution is 2.20. The number of aliphatic hydroxyl groups is 1. The summed E-state index contributed by atoms with van der Waals surface area (Å²) in [5, 5.41) is 20.3. The van der Waals surface area contributed by atoms with Crippen LogP contribution in [0.2, 0.25) is 0 Å². The minimum absolute atomic E-state index is 0.0111. The summed E-state index contributed by atoms with van der Waals surface area (Å²) in [6.07, 6.45) is 0. The lowest BCUT2D eigenvalue weighted by atomic mass is 10.2. The van der Waals surface area contributed by atoms with E-state index in [0.29, 0.717) is 11.3 Å². The molecule has 5 heteroatoms. The zero-order valence-corrected chi connectivity index (χ0v) is 11.2. The molecule has 0 heterocycles. The lowest BCUT2D eigenvalue weighted by molar-refractivity contribution is -0.115. The van der Waals surface area contributed by atoms with E-state index in [0.717, 1.165) is 0 Å². The smallest absolute Gasteiger partial charge is 0.237 e. The van der Waals surface area contributed by atoms with Crippen molar-refractivity contribution in [2.75, 3.05) is 11.9 Å². The predicted octanol–water partition coefficient (Wildman–Crippen LogP) is 2.00. The van der Waals surface area contributed by atoms with Crippen LogP contribution in [0.4, 0.5) is 5.69 Å². The number of hydrogen-bond donors (Lipinski definition) is 2. The Morgan fingerprint density at radius 3 is 2.78 bits per heavy atom. The Bertz CT molecular complexity index is 457. The number of hydrogen-bond acceptors (Lipinski definition) is 4. The SMILES string of the molecule is CC(CO)SC(C)C(=O)Nc1ccccc1C#N. The molecule has 0 aliphatic heterocycles. The summed E-state index contributed by atoms with van der Waals surface area (Å²) < 4.78 is 0. The Hall–Kier alpha value is -1.51. The Kier molecular flexibility index (Phi) is 5.69. The maximum absolute atomic E-state index is 11.9. The van der Waals surface area contributed by atoms with Crippen LogP contribution in [0.1, 0.15) is 19.4 Å². The molecular weight excluding hydrogens is 248 g/mol. The lowest BCUT2D eigenvalue weighted by Crippen LogP contribution is -2.25. The summed E-state index contributed by atoms with van der Waals surface area (Å²) in [7, 11) is 0. The molecule has 0 saturated carbocycles. The molecular formula is C13H16N2O2S. The number of anilines is 1. The highest BCUT2D eigenvalue weighted by atomic mass is 32.2. The molecule has 0 aromatic heterocycles. The highest BCUT2D eigenvalue weighted by molar-refractivity contribution is 8.01. The van der Waals surface area contributed by atoms with E-state index in [1.54, 1.807) is 31.2 Å². The van der Waals surface area contributed by atoms with Gasteiger partial charge in [-0.15, -0.1) is 11.8 Å². The Morgan fingerprint density at radius 2 is 2.17 bits per heavy atom. The van der Waals surface area contributed by atoms with Gasteiger partial charge in [-0.1, -0.05) is 19.1 Å². The van der Waals surface area contributed by atoms with Crippen molar-refractivity contribution in [3.8, 4) is 6.07 Å². The molecule has 2 N–H and O–H groups in total. The third kappa shape index (κ3) is 4.06. The number of nitrogens with one attached hydrogen (secondary N) is 1. The predicted molar refractivity (Wildman–Crippen MR) is 73.4 cm³/mol. The van der Waals surface area contributed by atoms with Crippen LogP contribution in [-0.4, -0.2) is 28.1 Å². The van der Waals surface area contributed by atoms with E-state index >= 15 is 0 Å². The van der Waals surface area contributed by atoms with Crippen LogP contribution in [0, 0.1) is 11.3 Å². The average molecular weight is 264 g/mol. The highest BCUT2D eigenvalue weighted by Gasteiger charge is 2.17. The van der Waals surface area contributed by atoms with Gasteiger partial charge in [0, 0.05) is 5.25 Å². The summed E-state index contributed by atoms with van der Waals surface area (Å²) in [5.41, 5.74) is 0.965. The molecule has 1 amide bonds. The van der Waals surface area contributed by atoms with Crippen LogP contribution in [0.5, 0.6) is 0 Å². The zero-order valence-electron chi connectivity index (χ0n) is 10.4. The number of nitriles is 1. The summed E-state index contributed by atoms with van der Waals surface area (Å²) in [6.45, 7) is 3.68. The third-order valence-electron chi connectivity index (χ3n) is 2.37. The van der Waals surface area contributed by atoms with Crippen LogP contribution in [0.3, 0.4) is 0 Å². The fourth-order valence-electron chi connectivity index (χ4n) is 1.38. The van der Waals surface area contributed by atoms with Crippen molar-refractivity contribution in [2.24, 2.45) is 0 Å². The van der Waals surface area contributed by atoms with Gasteiger partial charge in [0.15, 0.2) is 0 Å². The molecule has 18 heavy (non-hydrogen) atoms. The van der Waals surface area contributed by atoms with Gasteiger partial charge < -0.3 is 10.4 Å². The van der Waals surface area contributed by atoms with Crippen molar-refractivity contribution in [3.63, 3.8) is 0 Å². The molecule has 96 valence electrons. The molecule has 0 spiro atoms. The zero-order chi connectivity index (χ0) is 13.5. The van der Waals surface area contributed by atoms with Gasteiger partial charge in [0.1, 0.15) is 6.07 Å². The van der Waals surface area contributed by atoms with E-state index in [2.05, 4.69) is 5.32 Å². The molecule has 2 unspecified atom stereocenters. The summed E-state index contributed by atoms with van der Waals surface area (Å²) in [4.78, 5) is 11.9. The van der Waals surface area contributed by atoms with Crippen molar-refractivity contribution >= 4 is 23.4 Å². The first-order chi connectivity index (χ1) is 8.58. The molecule has 0 radical (unpaired) electrons. The Morgan fingerprint density at radius 1 is 1.50 bits per heavy atom. The van der Waals surface area contributed by atoms with Gasteiger partial charge in [0.2, 0.25) is 5.91 Å². The maximum Gasteiger partial charge on any atom is 0.237 e. The van der Waals surface area contributed by atoms with Crippen LogP contribution in [0.15, 0.2) is 24.3 Å². The van der Waals surface area contributed by atoms with Crippen LogP contribution >= 0.6 is 11.8 Å². The Balaban J connectivity index is 2.67. The minimum atomic E-state index is -0.279. The van der Waals surface area contributed by atoms with Crippen molar-refractivity contribution in [2.45, 2.75) is 24.3 Å². The van der Waals surface area contributed by atoms with E-state index in [1.807, 2.05) is 13.0 Å². The number of benzene rings is 1. The largest absolute Gasteiger partial charge is 0.395 e. The fraction of sp³-hybridized carbons (Fsp3) is 0.385. The average Bonchev–Trinajstić information content (AvgIpc) is 2.39. The normalized spacial score (nSPS) is 13.4. The van der Waals surface area contributed by atoms with Gasteiger partial charge in [0.05, 0.1) is 23.1 Å². The number of para-hydroxylation sites is 1. The summed E-state index contributed by atoms with van der Waals surface area (Å²) in [5.74, 6) is -0.164.